The van der Waals surface area contributed by atoms with Gasteiger partial charge in [-0.15, -0.1) is 33.3 Å². The van der Waals surface area contributed by atoms with E-state index in [2.05, 4.69) is 31.3 Å². The van der Waals surface area contributed by atoms with Crippen LogP contribution in [0.3, 0.4) is 0 Å². The van der Waals surface area contributed by atoms with Gasteiger partial charge in [-0.05, 0) is 49.3 Å². The number of urea groups is 1. The molecule has 2 aromatic heterocycles. The molecular weight excluding hydrogens is 670 g/mol. The Morgan fingerprint density at radius 1 is 1.13 bits per heavy atom. The van der Waals surface area contributed by atoms with Gasteiger partial charge in [0.05, 0.1) is 24.6 Å². The number of aliphatic carboxylic acids is 1. The van der Waals surface area contributed by atoms with E-state index < -0.39 is 28.0 Å². The maximum Gasteiger partial charge on any atom is 0.490 e. The van der Waals surface area contributed by atoms with Crippen LogP contribution in [0.1, 0.15) is 29.1 Å². The zero-order chi connectivity index (χ0) is 34.1. The molecule has 0 atom stereocenters. The number of thiophene rings is 1. The first-order valence-corrected chi connectivity index (χ1v) is 16.7. The van der Waals surface area contributed by atoms with Crippen LogP contribution in [0, 0.1) is 12.3 Å². The molecule has 0 aliphatic carbocycles. The molecule has 2 aromatic carbocycles. The number of carbonyl (C=O) groups excluding carboxylic acids is 1. The van der Waals surface area contributed by atoms with Crippen LogP contribution in [0.5, 0.6) is 0 Å². The first kappa shape index (κ1) is 36.0. The number of thioether (sulfide) groups is 1. The topological polar surface area (TPSA) is 217 Å². The third-order valence-electron chi connectivity index (χ3n) is 6.12. The summed E-state index contributed by atoms with van der Waals surface area (Å²) in [7, 11) is -4.10. The molecule has 0 saturated heterocycles. The smallest absolute Gasteiger partial charge is 0.475 e. The molecule has 46 heavy (non-hydrogen) atoms. The van der Waals surface area contributed by atoms with Gasteiger partial charge in [-0.3, -0.25) is 5.41 Å². The average molecular weight is 699 g/mol. The number of aryl methyl sites for hydroxylation is 2. The van der Waals surface area contributed by atoms with E-state index >= 15 is 0 Å². The maximum absolute atomic E-state index is 14.0. The van der Waals surface area contributed by atoms with Crippen molar-refractivity contribution < 1.29 is 36.3 Å². The molecule has 0 radical (unpaired) electrons. The fraction of sp³-hybridized carbons (Fsp3) is 0.259. The van der Waals surface area contributed by atoms with Gasteiger partial charge in [0.15, 0.2) is 5.82 Å². The lowest BCUT2D eigenvalue weighted by molar-refractivity contribution is -0.192. The van der Waals surface area contributed by atoms with Crippen molar-refractivity contribution in [1.82, 2.24) is 25.9 Å². The SMILES string of the molecule is CSc1sc(C(=N)N)cc1S(=O)(=O)c1ccc(C)c(-c2ccccc2)c1NC(=O)NCCCCc1nn[nH]n1.O=C(O)C(F)(F)F. The molecular formula is C27H29F3N8O5S3. The number of rotatable bonds is 11. The standard InChI is InChI=1S/C25H28N8O3S3.C2HF3O2/c1-15-11-12-18(39(35,36)19-14-17(23(26)27)38-24(19)37-2)22(21(15)16-8-4-3-5-9-16)29-25(34)28-13-7-6-10-20-30-32-33-31-20;3-2(4,5)1(6)7/h3-5,8-9,11-12,14H,6-7,10,13H2,1-2H3,(H3,26,27)(H2,28,29,34)(H,30,31,32,33);(H,6,7). The summed E-state index contributed by atoms with van der Waals surface area (Å²) in [6.07, 6.45) is -1.27. The van der Waals surface area contributed by atoms with Gasteiger partial charge in [0.1, 0.15) is 5.84 Å². The van der Waals surface area contributed by atoms with Crippen LogP contribution in [-0.2, 0) is 21.1 Å². The molecule has 13 nitrogen and oxygen atoms in total. The fourth-order valence-corrected chi connectivity index (χ4v) is 8.02. The summed E-state index contributed by atoms with van der Waals surface area (Å²) in [4.78, 5) is 22.3. The molecule has 0 unspecified atom stereocenters. The number of benzene rings is 2. The van der Waals surface area contributed by atoms with Crippen LogP contribution in [0.4, 0.5) is 23.7 Å². The number of anilines is 1. The molecule has 0 bridgehead atoms. The van der Waals surface area contributed by atoms with Crippen LogP contribution in [0.2, 0.25) is 0 Å². The van der Waals surface area contributed by atoms with Gasteiger partial charge in [0, 0.05) is 18.5 Å². The number of carboxylic acid groups (broad SMARTS) is 1. The van der Waals surface area contributed by atoms with Crippen LogP contribution in [-0.4, -0.2) is 71.0 Å². The van der Waals surface area contributed by atoms with E-state index in [4.69, 9.17) is 21.0 Å². The van der Waals surface area contributed by atoms with Crippen molar-refractivity contribution in [1.29, 1.82) is 5.41 Å². The first-order valence-electron chi connectivity index (χ1n) is 13.2. The van der Waals surface area contributed by atoms with Crippen LogP contribution < -0.4 is 16.4 Å². The zero-order valence-corrected chi connectivity index (χ0v) is 26.8. The minimum Gasteiger partial charge on any atom is -0.475 e. The van der Waals surface area contributed by atoms with Gasteiger partial charge in [-0.2, -0.15) is 18.4 Å². The molecule has 4 aromatic rings. The summed E-state index contributed by atoms with van der Waals surface area (Å²) < 4.78 is 60.3. The molecule has 0 spiro atoms. The fourth-order valence-electron chi connectivity index (χ4n) is 4.01. The molecule has 2 amide bonds. The molecule has 19 heteroatoms. The lowest BCUT2D eigenvalue weighted by atomic mass is 9.98. The number of sulfone groups is 1. The number of nitrogens with two attached hydrogens (primary N) is 1. The van der Waals surface area contributed by atoms with Gasteiger partial charge >= 0.3 is 18.2 Å². The van der Waals surface area contributed by atoms with Crippen molar-refractivity contribution in [2.24, 2.45) is 5.73 Å². The summed E-state index contributed by atoms with van der Waals surface area (Å²) in [5.41, 5.74) is 8.02. The third kappa shape index (κ3) is 9.27. The minimum atomic E-state index is -5.08. The number of aromatic amines is 1. The Hall–Kier alpha value is -4.49. The summed E-state index contributed by atoms with van der Waals surface area (Å²) in [5, 5.41) is 34.3. The highest BCUT2D eigenvalue weighted by atomic mass is 32.2. The van der Waals surface area contributed by atoms with Crippen LogP contribution in [0.15, 0.2) is 62.5 Å². The number of nitrogen functional groups attached to an aromatic ring is 1. The summed E-state index contributed by atoms with van der Waals surface area (Å²) in [6.45, 7) is 2.24. The normalized spacial score (nSPS) is 11.3. The van der Waals surface area contributed by atoms with Crippen LogP contribution in [0.25, 0.3) is 11.1 Å². The Bertz CT molecular complexity index is 1780. The predicted molar refractivity (Wildman–Crippen MR) is 167 cm³/mol. The molecule has 0 saturated carbocycles. The number of amidine groups is 1. The number of unbranched alkanes of at least 4 members (excludes halogenated alkanes) is 1. The third-order valence-corrected chi connectivity index (χ3v) is 10.5. The van der Waals surface area contributed by atoms with Crippen molar-refractivity contribution >= 4 is 56.5 Å². The van der Waals surface area contributed by atoms with E-state index in [1.165, 1.54) is 23.9 Å². The lowest BCUT2D eigenvalue weighted by Crippen LogP contribution is -2.30. The van der Waals surface area contributed by atoms with Crippen LogP contribution >= 0.6 is 23.1 Å². The second-order valence-electron chi connectivity index (χ2n) is 9.35. The van der Waals surface area contributed by atoms with E-state index in [0.29, 0.717) is 39.9 Å². The number of hydrogen-bond acceptors (Lipinski definition) is 10. The van der Waals surface area contributed by atoms with Crippen molar-refractivity contribution in [3.05, 3.63) is 64.8 Å². The van der Waals surface area contributed by atoms with Crippen molar-refractivity contribution in [2.75, 3.05) is 18.1 Å². The highest BCUT2D eigenvalue weighted by Crippen LogP contribution is 2.42. The Morgan fingerprint density at radius 3 is 2.37 bits per heavy atom. The number of hydrogen-bond donors (Lipinski definition) is 6. The molecule has 7 N–H and O–H groups in total. The first-order chi connectivity index (χ1) is 21.7. The van der Waals surface area contributed by atoms with E-state index in [9.17, 15) is 26.4 Å². The zero-order valence-electron chi connectivity index (χ0n) is 24.3. The number of H-pyrrole nitrogens is 1. The Kier molecular flexibility index (Phi) is 12.3. The van der Waals surface area contributed by atoms with E-state index in [0.717, 1.165) is 28.9 Å². The number of halogens is 3. The van der Waals surface area contributed by atoms with Gasteiger partial charge in [-0.25, -0.2) is 18.0 Å². The number of carboxylic acids is 1. The Labute approximate surface area is 269 Å². The second kappa shape index (κ2) is 15.7. The number of aromatic nitrogens is 4. The highest BCUT2D eigenvalue weighted by Gasteiger charge is 2.38. The highest BCUT2D eigenvalue weighted by molar-refractivity contribution is 8.01. The summed E-state index contributed by atoms with van der Waals surface area (Å²) >= 11 is 2.41. The largest absolute Gasteiger partial charge is 0.490 e. The number of tetrazole rings is 1. The van der Waals surface area contributed by atoms with Crippen molar-refractivity contribution in [2.45, 2.75) is 46.4 Å². The van der Waals surface area contributed by atoms with Gasteiger partial charge < -0.3 is 21.5 Å². The molecule has 246 valence electrons. The number of nitrogens with zero attached hydrogens (tertiary/aromatic N) is 3. The molecule has 2 heterocycles. The van der Waals surface area contributed by atoms with Gasteiger partial charge in [-0.1, -0.05) is 41.6 Å². The molecule has 4 rings (SSSR count). The van der Waals surface area contributed by atoms with E-state index in [-0.39, 0.29) is 21.3 Å². The van der Waals surface area contributed by atoms with Crippen molar-refractivity contribution in [3.8, 4) is 11.1 Å². The average Bonchev–Trinajstić information content (AvgIpc) is 3.68. The van der Waals surface area contributed by atoms with Gasteiger partial charge in [0.2, 0.25) is 9.84 Å². The van der Waals surface area contributed by atoms with Crippen molar-refractivity contribution in [3.63, 3.8) is 0 Å². The molecule has 0 fully saturated rings. The quantitative estimate of drug-likeness (QED) is 0.0541. The number of alkyl halides is 3. The number of nitrogens with one attached hydrogen (secondary N) is 4. The van der Waals surface area contributed by atoms with Gasteiger partial charge in [0.25, 0.3) is 0 Å². The lowest BCUT2D eigenvalue weighted by Gasteiger charge is -2.19. The number of amides is 2. The maximum atomic E-state index is 14.0. The Balaban J connectivity index is 0.000000738. The summed E-state index contributed by atoms with van der Waals surface area (Å²) in [6, 6.07) is 13.4. The van der Waals surface area contributed by atoms with E-state index in [1.807, 2.05) is 37.3 Å². The molecule has 0 aliphatic heterocycles. The molecule has 0 aliphatic rings. The minimum absolute atomic E-state index is 0.0394. The second-order valence-corrected chi connectivity index (χ2v) is 13.4. The predicted octanol–water partition coefficient (Wildman–Crippen LogP) is 4.85. The Morgan fingerprint density at radius 2 is 1.80 bits per heavy atom. The summed E-state index contributed by atoms with van der Waals surface area (Å²) in [5.74, 6) is -2.36. The number of carbonyl (C=O) groups is 2. The van der Waals surface area contributed by atoms with E-state index in [1.54, 1.807) is 12.3 Å². The monoisotopic (exact) mass is 698 g/mol.